The Balaban J connectivity index is 1.63. The van der Waals surface area contributed by atoms with Crippen molar-refractivity contribution in [3.8, 4) is 0 Å². The molecule has 3 amide bonds. The molecule has 1 aliphatic carbocycles. The zero-order chi connectivity index (χ0) is 14.8. The van der Waals surface area contributed by atoms with E-state index in [2.05, 4.69) is 12.2 Å². The Kier molecular flexibility index (Phi) is 4.48. The van der Waals surface area contributed by atoms with Crippen molar-refractivity contribution in [1.29, 1.82) is 0 Å². The van der Waals surface area contributed by atoms with Gasteiger partial charge in [-0.2, -0.15) is 0 Å². The molecule has 5 heteroatoms. The number of hydrogen-bond acceptors (Lipinski definition) is 3. The maximum Gasteiger partial charge on any atom is 0.324 e. The minimum absolute atomic E-state index is 0.0340. The van der Waals surface area contributed by atoms with Gasteiger partial charge < -0.3 is 10.1 Å². The summed E-state index contributed by atoms with van der Waals surface area (Å²) in [6.45, 7) is 4.20. The normalized spacial score (nSPS) is 37.7. The van der Waals surface area contributed by atoms with Gasteiger partial charge in [-0.15, -0.1) is 0 Å². The fourth-order valence-electron chi connectivity index (χ4n) is 3.96. The number of ether oxygens (including phenoxy) is 1. The van der Waals surface area contributed by atoms with Crippen LogP contribution in [-0.4, -0.2) is 42.6 Å². The molecule has 0 spiro atoms. The highest BCUT2D eigenvalue weighted by atomic mass is 16.5. The lowest BCUT2D eigenvalue weighted by molar-refractivity contribution is -0.130. The number of imide groups is 1. The van der Waals surface area contributed by atoms with E-state index in [4.69, 9.17) is 4.74 Å². The van der Waals surface area contributed by atoms with Crippen LogP contribution in [0.2, 0.25) is 0 Å². The number of nitrogens with zero attached hydrogens (tertiary/aromatic N) is 1. The molecular formula is C16H26N2O3. The molecule has 0 bridgehead atoms. The zero-order valence-corrected chi connectivity index (χ0v) is 12.8. The van der Waals surface area contributed by atoms with Crippen molar-refractivity contribution in [3.05, 3.63) is 0 Å². The largest absolute Gasteiger partial charge is 0.381 e. The second-order valence-corrected chi connectivity index (χ2v) is 6.88. The van der Waals surface area contributed by atoms with E-state index < -0.39 is 0 Å². The Hall–Kier alpha value is -1.10. The van der Waals surface area contributed by atoms with E-state index in [9.17, 15) is 9.59 Å². The minimum atomic E-state index is -0.364. The van der Waals surface area contributed by atoms with E-state index in [1.54, 1.807) is 0 Å². The average Bonchev–Trinajstić information content (AvgIpc) is 2.78. The summed E-state index contributed by atoms with van der Waals surface area (Å²) in [5.41, 5.74) is 0. The highest BCUT2D eigenvalue weighted by molar-refractivity contribution is 6.04. The summed E-state index contributed by atoms with van der Waals surface area (Å²) in [5.74, 6) is 1.18. The van der Waals surface area contributed by atoms with Crippen LogP contribution in [0.15, 0.2) is 0 Å². The van der Waals surface area contributed by atoms with E-state index in [0.717, 1.165) is 25.9 Å². The lowest BCUT2D eigenvalue weighted by Gasteiger charge is -2.31. The third-order valence-electron chi connectivity index (χ3n) is 5.43. The number of urea groups is 1. The van der Waals surface area contributed by atoms with Crippen LogP contribution < -0.4 is 5.32 Å². The second kappa shape index (κ2) is 6.34. The predicted molar refractivity (Wildman–Crippen MR) is 78.7 cm³/mol. The van der Waals surface area contributed by atoms with Crippen LogP contribution in [0.25, 0.3) is 0 Å². The second-order valence-electron chi connectivity index (χ2n) is 6.88. The van der Waals surface area contributed by atoms with Crippen molar-refractivity contribution in [3.63, 3.8) is 0 Å². The van der Waals surface area contributed by atoms with Gasteiger partial charge in [0.1, 0.15) is 6.04 Å². The quantitative estimate of drug-likeness (QED) is 0.812. The van der Waals surface area contributed by atoms with Crippen molar-refractivity contribution in [2.45, 2.75) is 51.5 Å². The van der Waals surface area contributed by atoms with Crippen molar-refractivity contribution < 1.29 is 14.3 Å². The van der Waals surface area contributed by atoms with E-state index in [1.165, 1.54) is 24.2 Å². The summed E-state index contributed by atoms with van der Waals surface area (Å²) in [7, 11) is 0. The lowest BCUT2D eigenvalue weighted by atomic mass is 9.80. The fourth-order valence-corrected chi connectivity index (χ4v) is 3.96. The molecule has 4 unspecified atom stereocenters. The molecule has 0 aromatic heterocycles. The number of nitrogens with one attached hydrogen (secondary N) is 1. The first-order chi connectivity index (χ1) is 10.2. The van der Waals surface area contributed by atoms with Gasteiger partial charge in [-0.1, -0.05) is 26.2 Å². The Bertz CT molecular complexity index is 406. The van der Waals surface area contributed by atoms with E-state index in [-0.39, 0.29) is 23.9 Å². The van der Waals surface area contributed by atoms with Crippen LogP contribution in [0.5, 0.6) is 0 Å². The summed E-state index contributed by atoms with van der Waals surface area (Å²) in [5, 5.41) is 2.89. The molecule has 21 heavy (non-hydrogen) atoms. The highest BCUT2D eigenvalue weighted by Crippen LogP contribution is 2.31. The molecule has 0 radical (unpaired) electrons. The average molecular weight is 294 g/mol. The van der Waals surface area contributed by atoms with Crippen LogP contribution >= 0.6 is 0 Å². The monoisotopic (exact) mass is 294 g/mol. The summed E-state index contributed by atoms with van der Waals surface area (Å²) < 4.78 is 5.46. The Morgan fingerprint density at radius 1 is 1.19 bits per heavy atom. The van der Waals surface area contributed by atoms with Gasteiger partial charge in [0.05, 0.1) is 6.61 Å². The molecule has 0 aromatic carbocycles. The number of carbonyl (C=O) groups excluding carboxylic acids is 2. The first kappa shape index (κ1) is 14.8. The first-order valence-electron chi connectivity index (χ1n) is 8.36. The van der Waals surface area contributed by atoms with Gasteiger partial charge in [0.2, 0.25) is 0 Å². The van der Waals surface area contributed by atoms with Crippen LogP contribution in [0.1, 0.15) is 45.4 Å². The molecule has 2 aliphatic heterocycles. The van der Waals surface area contributed by atoms with Gasteiger partial charge in [0, 0.05) is 19.1 Å². The standard InChI is InChI=1S/C16H26N2O3/c1-11-5-2-3-6-12(11)9-18-15(19)14(17-16(18)20)13-7-4-8-21-10-13/h11-14H,2-10H2,1H3,(H,17,20). The van der Waals surface area contributed by atoms with Crippen molar-refractivity contribution in [2.24, 2.45) is 17.8 Å². The van der Waals surface area contributed by atoms with Crippen molar-refractivity contribution in [2.75, 3.05) is 19.8 Å². The summed E-state index contributed by atoms with van der Waals surface area (Å²) in [4.78, 5) is 26.2. The summed E-state index contributed by atoms with van der Waals surface area (Å²) in [6, 6.07) is -0.565. The highest BCUT2D eigenvalue weighted by Gasteiger charge is 2.43. The molecule has 2 heterocycles. The van der Waals surface area contributed by atoms with Crippen LogP contribution in [0, 0.1) is 17.8 Å². The first-order valence-corrected chi connectivity index (χ1v) is 8.36. The SMILES string of the molecule is CC1CCCCC1CN1C(=O)NC(C2CCCOC2)C1=O. The maximum atomic E-state index is 12.6. The Labute approximate surface area is 126 Å². The third-order valence-corrected chi connectivity index (χ3v) is 5.43. The Morgan fingerprint density at radius 2 is 2.00 bits per heavy atom. The van der Waals surface area contributed by atoms with Gasteiger partial charge in [-0.3, -0.25) is 9.69 Å². The van der Waals surface area contributed by atoms with Gasteiger partial charge in [-0.05, 0) is 31.1 Å². The number of carbonyl (C=O) groups is 2. The van der Waals surface area contributed by atoms with Gasteiger partial charge >= 0.3 is 6.03 Å². The molecular weight excluding hydrogens is 268 g/mol. The van der Waals surface area contributed by atoms with Gasteiger partial charge in [0.25, 0.3) is 5.91 Å². The minimum Gasteiger partial charge on any atom is -0.381 e. The van der Waals surface area contributed by atoms with Crippen LogP contribution in [0.4, 0.5) is 4.79 Å². The molecule has 1 saturated carbocycles. The number of hydrogen-bond donors (Lipinski definition) is 1. The summed E-state index contributed by atoms with van der Waals surface area (Å²) in [6.07, 6.45) is 6.79. The molecule has 5 nitrogen and oxygen atoms in total. The molecule has 3 fully saturated rings. The molecule has 1 N–H and O–H groups in total. The molecule has 3 aliphatic rings. The van der Waals surface area contributed by atoms with Crippen LogP contribution in [0.3, 0.4) is 0 Å². The number of rotatable bonds is 3. The van der Waals surface area contributed by atoms with E-state index >= 15 is 0 Å². The zero-order valence-electron chi connectivity index (χ0n) is 12.8. The molecule has 0 aromatic rings. The third kappa shape index (κ3) is 3.07. The molecule has 3 rings (SSSR count). The van der Waals surface area contributed by atoms with Crippen LogP contribution in [-0.2, 0) is 9.53 Å². The Morgan fingerprint density at radius 3 is 2.71 bits per heavy atom. The smallest absolute Gasteiger partial charge is 0.324 e. The number of amides is 3. The topological polar surface area (TPSA) is 58.6 Å². The maximum absolute atomic E-state index is 12.6. The van der Waals surface area contributed by atoms with Gasteiger partial charge in [0.15, 0.2) is 0 Å². The molecule has 4 atom stereocenters. The summed E-state index contributed by atoms with van der Waals surface area (Å²) >= 11 is 0. The van der Waals surface area contributed by atoms with E-state index in [0.29, 0.717) is 25.0 Å². The van der Waals surface area contributed by atoms with Crippen molar-refractivity contribution >= 4 is 11.9 Å². The van der Waals surface area contributed by atoms with Gasteiger partial charge in [-0.25, -0.2) is 4.79 Å². The predicted octanol–water partition coefficient (Wildman–Crippen LogP) is 2.16. The molecule has 118 valence electrons. The van der Waals surface area contributed by atoms with Crippen molar-refractivity contribution in [1.82, 2.24) is 10.2 Å². The fraction of sp³-hybridized carbons (Fsp3) is 0.875. The molecule has 2 saturated heterocycles. The lowest BCUT2D eigenvalue weighted by Crippen LogP contribution is -2.42. The van der Waals surface area contributed by atoms with E-state index in [1.807, 2.05) is 0 Å².